The Labute approximate surface area is 119 Å². The number of rotatable bonds is 4. The molecule has 3 nitrogen and oxygen atoms in total. The summed E-state index contributed by atoms with van der Waals surface area (Å²) in [6.45, 7) is 2.93. The minimum atomic E-state index is -4.22. The van der Waals surface area contributed by atoms with Gasteiger partial charge in [0, 0.05) is 11.1 Å². The molecule has 0 radical (unpaired) electrons. The molecule has 0 saturated carbocycles. The van der Waals surface area contributed by atoms with Crippen LogP contribution in [-0.4, -0.2) is 22.3 Å². The van der Waals surface area contributed by atoms with Crippen LogP contribution in [0.5, 0.6) is 0 Å². The summed E-state index contributed by atoms with van der Waals surface area (Å²) >= 11 is 5.96. The zero-order valence-corrected chi connectivity index (χ0v) is 11.9. The van der Waals surface area contributed by atoms with E-state index in [1.165, 1.54) is 0 Å². The van der Waals surface area contributed by atoms with Crippen LogP contribution in [0.3, 0.4) is 0 Å². The molecule has 1 N–H and O–H groups in total. The van der Waals surface area contributed by atoms with Gasteiger partial charge in [-0.2, -0.15) is 13.2 Å². The van der Waals surface area contributed by atoms with Crippen LogP contribution in [0.25, 0.3) is 11.0 Å². The Kier molecular flexibility index (Phi) is 4.25. The van der Waals surface area contributed by atoms with Gasteiger partial charge in [-0.15, -0.1) is 0 Å². The van der Waals surface area contributed by atoms with Gasteiger partial charge in [0.1, 0.15) is 5.82 Å². The molecule has 110 valence electrons. The monoisotopic (exact) mass is 305 g/mol. The topological polar surface area (TPSA) is 29.9 Å². The predicted molar refractivity (Wildman–Crippen MR) is 72.9 cm³/mol. The van der Waals surface area contributed by atoms with Crippen LogP contribution in [-0.2, 0) is 6.54 Å². The largest absolute Gasteiger partial charge is 0.401 e. The molecule has 1 aromatic carbocycles. The van der Waals surface area contributed by atoms with E-state index in [1.54, 1.807) is 18.2 Å². The molecule has 0 aliphatic heterocycles. The van der Waals surface area contributed by atoms with Gasteiger partial charge in [-0.1, -0.05) is 11.6 Å². The molecule has 7 heteroatoms. The normalized spacial score (nSPS) is 12.6. The second kappa shape index (κ2) is 5.61. The van der Waals surface area contributed by atoms with E-state index in [2.05, 4.69) is 10.3 Å². The molecule has 0 aliphatic carbocycles. The summed E-state index contributed by atoms with van der Waals surface area (Å²) in [4.78, 5) is 4.37. The lowest BCUT2D eigenvalue weighted by Gasteiger charge is -2.14. The molecular weight excluding hydrogens is 291 g/mol. The first-order chi connectivity index (χ1) is 9.28. The first kappa shape index (κ1) is 15.1. The van der Waals surface area contributed by atoms with Gasteiger partial charge in [-0.25, -0.2) is 4.98 Å². The lowest BCUT2D eigenvalue weighted by Crippen LogP contribution is -2.29. The van der Waals surface area contributed by atoms with E-state index in [9.17, 15) is 13.2 Å². The Morgan fingerprint density at radius 2 is 2.05 bits per heavy atom. The highest BCUT2D eigenvalue weighted by Crippen LogP contribution is 2.24. The third-order valence-electron chi connectivity index (χ3n) is 2.85. The summed E-state index contributed by atoms with van der Waals surface area (Å²) in [6, 6.07) is 5.34. The average Bonchev–Trinajstić information content (AvgIpc) is 2.64. The maximum Gasteiger partial charge on any atom is 0.401 e. The van der Waals surface area contributed by atoms with Crippen molar-refractivity contribution in [3.8, 4) is 0 Å². The fraction of sp³-hybridized carbons (Fsp3) is 0.462. The van der Waals surface area contributed by atoms with Crippen LogP contribution in [0.2, 0.25) is 5.02 Å². The second-order valence-electron chi connectivity index (χ2n) is 4.84. The zero-order valence-electron chi connectivity index (χ0n) is 11.1. The summed E-state index contributed by atoms with van der Waals surface area (Å²) in [7, 11) is 0. The number of hydrogen-bond donors (Lipinski definition) is 1. The van der Waals surface area contributed by atoms with Crippen LogP contribution in [0.4, 0.5) is 13.2 Å². The fourth-order valence-corrected chi connectivity index (χ4v) is 2.30. The minimum Gasteiger partial charge on any atom is -0.324 e. The van der Waals surface area contributed by atoms with E-state index in [1.807, 2.05) is 18.4 Å². The third kappa shape index (κ3) is 3.43. The van der Waals surface area contributed by atoms with E-state index < -0.39 is 12.7 Å². The highest BCUT2D eigenvalue weighted by atomic mass is 35.5. The van der Waals surface area contributed by atoms with Gasteiger partial charge in [-0.3, -0.25) is 0 Å². The Bertz CT molecular complexity index is 605. The molecule has 2 rings (SSSR count). The summed E-state index contributed by atoms with van der Waals surface area (Å²) in [5.74, 6) is 0.571. The number of alkyl halides is 3. The molecule has 1 heterocycles. The van der Waals surface area contributed by atoms with Crippen molar-refractivity contribution in [2.75, 3.05) is 6.54 Å². The molecule has 0 aliphatic rings. The minimum absolute atomic E-state index is 0.0595. The average molecular weight is 306 g/mol. The molecule has 0 amide bonds. The van der Waals surface area contributed by atoms with Crippen molar-refractivity contribution in [1.82, 2.24) is 14.9 Å². The molecular formula is C13H15ClF3N3. The van der Waals surface area contributed by atoms with E-state index in [4.69, 9.17) is 11.6 Å². The maximum atomic E-state index is 12.2. The van der Waals surface area contributed by atoms with Crippen molar-refractivity contribution in [2.24, 2.45) is 0 Å². The number of fused-ring (bicyclic) bond motifs is 1. The van der Waals surface area contributed by atoms with Gasteiger partial charge in [0.05, 0.1) is 24.1 Å². The summed E-state index contributed by atoms with van der Waals surface area (Å²) in [5.41, 5.74) is 1.56. The number of nitrogens with one attached hydrogen (secondary N) is 1. The Morgan fingerprint density at radius 3 is 2.65 bits per heavy atom. The number of hydrogen-bond acceptors (Lipinski definition) is 2. The third-order valence-corrected chi connectivity index (χ3v) is 3.08. The van der Waals surface area contributed by atoms with Crippen molar-refractivity contribution >= 4 is 22.6 Å². The number of aromatic nitrogens is 2. The SMILES string of the molecule is CC(C)n1c(CNCC(F)(F)F)nc2ccc(Cl)cc21. The van der Waals surface area contributed by atoms with Crippen LogP contribution < -0.4 is 5.32 Å². The summed E-state index contributed by atoms with van der Waals surface area (Å²) in [5, 5.41) is 2.95. The van der Waals surface area contributed by atoms with E-state index in [0.29, 0.717) is 10.8 Å². The van der Waals surface area contributed by atoms with Crippen molar-refractivity contribution in [3.05, 3.63) is 29.0 Å². The van der Waals surface area contributed by atoms with Crippen LogP contribution in [0, 0.1) is 0 Å². The van der Waals surface area contributed by atoms with Gasteiger partial charge in [-0.05, 0) is 32.0 Å². The first-order valence-corrected chi connectivity index (χ1v) is 6.59. The molecule has 0 unspecified atom stereocenters. The molecule has 0 fully saturated rings. The van der Waals surface area contributed by atoms with E-state index in [-0.39, 0.29) is 12.6 Å². The molecule has 0 saturated heterocycles. The van der Waals surface area contributed by atoms with Crippen molar-refractivity contribution < 1.29 is 13.2 Å². The van der Waals surface area contributed by atoms with Gasteiger partial charge in [0.15, 0.2) is 0 Å². The lowest BCUT2D eigenvalue weighted by molar-refractivity contribution is -0.125. The maximum absolute atomic E-state index is 12.2. The van der Waals surface area contributed by atoms with Crippen LogP contribution in [0.15, 0.2) is 18.2 Å². The first-order valence-electron chi connectivity index (χ1n) is 6.22. The van der Waals surface area contributed by atoms with Crippen molar-refractivity contribution in [1.29, 1.82) is 0 Å². The van der Waals surface area contributed by atoms with Crippen LogP contribution in [0.1, 0.15) is 25.7 Å². The Morgan fingerprint density at radius 1 is 1.35 bits per heavy atom. The predicted octanol–water partition coefficient (Wildman–Crippen LogP) is 3.92. The number of nitrogens with zero attached hydrogens (tertiary/aromatic N) is 2. The lowest BCUT2D eigenvalue weighted by atomic mass is 10.3. The zero-order chi connectivity index (χ0) is 14.9. The molecule has 0 bridgehead atoms. The summed E-state index contributed by atoms with van der Waals surface area (Å²) in [6.07, 6.45) is -4.22. The fourth-order valence-electron chi connectivity index (χ4n) is 2.13. The van der Waals surface area contributed by atoms with Gasteiger partial charge < -0.3 is 9.88 Å². The van der Waals surface area contributed by atoms with Crippen molar-refractivity contribution in [2.45, 2.75) is 32.6 Å². The van der Waals surface area contributed by atoms with E-state index in [0.717, 1.165) is 11.0 Å². The Balaban J connectivity index is 2.30. The highest BCUT2D eigenvalue weighted by molar-refractivity contribution is 6.31. The quantitative estimate of drug-likeness (QED) is 0.928. The number of benzene rings is 1. The number of halogens is 4. The molecule has 0 atom stereocenters. The van der Waals surface area contributed by atoms with Gasteiger partial charge in [0.25, 0.3) is 0 Å². The van der Waals surface area contributed by atoms with Gasteiger partial charge in [0.2, 0.25) is 0 Å². The van der Waals surface area contributed by atoms with Crippen molar-refractivity contribution in [3.63, 3.8) is 0 Å². The Hall–Kier alpha value is -1.27. The highest BCUT2D eigenvalue weighted by Gasteiger charge is 2.26. The van der Waals surface area contributed by atoms with Crippen LogP contribution >= 0.6 is 11.6 Å². The molecule has 20 heavy (non-hydrogen) atoms. The summed E-state index contributed by atoms with van der Waals surface area (Å²) < 4.78 is 38.4. The molecule has 1 aromatic heterocycles. The van der Waals surface area contributed by atoms with E-state index >= 15 is 0 Å². The molecule has 0 spiro atoms. The molecule has 2 aromatic rings. The second-order valence-corrected chi connectivity index (χ2v) is 5.28. The smallest absolute Gasteiger partial charge is 0.324 e. The standard InChI is InChI=1S/C13H15ClF3N3/c1-8(2)20-11-5-9(14)3-4-10(11)19-12(20)6-18-7-13(15,16)17/h3-5,8,18H,6-7H2,1-2H3. The number of imidazole rings is 1. The van der Waals surface area contributed by atoms with Gasteiger partial charge >= 0.3 is 6.18 Å².